The van der Waals surface area contributed by atoms with E-state index < -0.39 is 12.3 Å². The largest absolute Gasteiger partial charge is 0.445 e. The van der Waals surface area contributed by atoms with Gasteiger partial charge in [0.1, 0.15) is 12.8 Å². The van der Waals surface area contributed by atoms with Crippen LogP contribution in [0.2, 0.25) is 0 Å². The third-order valence-corrected chi connectivity index (χ3v) is 2.03. The molecule has 0 aromatic heterocycles. The summed E-state index contributed by atoms with van der Waals surface area (Å²) in [5.74, 6) is 0. The van der Waals surface area contributed by atoms with Crippen molar-refractivity contribution in [3.8, 4) is 0 Å². The van der Waals surface area contributed by atoms with E-state index in [1.54, 1.807) is 0 Å². The van der Waals surface area contributed by atoms with Gasteiger partial charge in [-0.1, -0.05) is 12.7 Å². The maximum Gasteiger partial charge on any atom is 0.412 e. The highest BCUT2D eigenvalue weighted by Crippen LogP contribution is 2.15. The number of rotatable bonds is 2. The zero-order valence-electron chi connectivity index (χ0n) is 7.61. The predicted octanol–water partition coefficient (Wildman–Crippen LogP) is 1.11. The number of hydrogen-bond donors (Lipinski definition) is 1. The number of ether oxygens (including phenoxy) is 1. The van der Waals surface area contributed by atoms with Gasteiger partial charge in [0.25, 0.3) is 0 Å². The molecule has 1 amide bonds. The maximum absolute atomic E-state index is 11.3. The summed E-state index contributed by atoms with van der Waals surface area (Å²) < 4.78 is 4.81. The van der Waals surface area contributed by atoms with Crippen molar-refractivity contribution in [2.75, 3.05) is 13.2 Å². The summed E-state index contributed by atoms with van der Waals surface area (Å²) in [4.78, 5) is 12.6. The van der Waals surface area contributed by atoms with Crippen LogP contribution in [0.5, 0.6) is 0 Å². The molecule has 4 nitrogen and oxygen atoms in total. The van der Waals surface area contributed by atoms with Crippen molar-refractivity contribution in [3.63, 3.8) is 0 Å². The molecule has 1 atom stereocenters. The number of amides is 1. The van der Waals surface area contributed by atoms with Gasteiger partial charge in [0.15, 0.2) is 0 Å². The molecule has 1 aliphatic rings. The second-order valence-corrected chi connectivity index (χ2v) is 3.04. The summed E-state index contributed by atoms with van der Waals surface area (Å²) in [5.41, 5.74) is 0. The Morgan fingerprint density at radius 2 is 2.46 bits per heavy atom. The minimum absolute atomic E-state index is 0.196. The Balaban J connectivity index is 2.39. The molecular formula is C9H15NO3. The highest BCUT2D eigenvalue weighted by Gasteiger charge is 2.25. The SMILES string of the molecule is C=CCOC(=O)N1CCCCC1O. The van der Waals surface area contributed by atoms with Crippen LogP contribution in [-0.2, 0) is 4.74 Å². The van der Waals surface area contributed by atoms with E-state index in [0.29, 0.717) is 13.0 Å². The molecule has 1 heterocycles. The van der Waals surface area contributed by atoms with Gasteiger partial charge in [-0.15, -0.1) is 0 Å². The smallest absolute Gasteiger partial charge is 0.412 e. The Labute approximate surface area is 77.8 Å². The van der Waals surface area contributed by atoms with E-state index in [0.717, 1.165) is 12.8 Å². The van der Waals surface area contributed by atoms with Crippen LogP contribution >= 0.6 is 0 Å². The molecule has 74 valence electrons. The van der Waals surface area contributed by atoms with Crippen LogP contribution in [0.1, 0.15) is 19.3 Å². The van der Waals surface area contributed by atoms with Gasteiger partial charge in [-0.25, -0.2) is 4.79 Å². The Bertz CT molecular complexity index is 193. The van der Waals surface area contributed by atoms with Crippen LogP contribution < -0.4 is 0 Å². The Kier molecular flexibility index (Phi) is 3.76. The fourth-order valence-corrected chi connectivity index (χ4v) is 1.34. The molecule has 4 heteroatoms. The molecule has 0 aromatic rings. The number of likely N-dealkylation sites (tertiary alicyclic amines) is 1. The lowest BCUT2D eigenvalue weighted by molar-refractivity contribution is -0.0193. The second kappa shape index (κ2) is 4.87. The number of nitrogens with zero attached hydrogens (tertiary/aromatic N) is 1. The summed E-state index contributed by atoms with van der Waals surface area (Å²) in [5, 5.41) is 9.44. The molecule has 1 N–H and O–H groups in total. The normalized spacial score (nSPS) is 22.5. The fourth-order valence-electron chi connectivity index (χ4n) is 1.34. The number of aliphatic hydroxyl groups excluding tert-OH is 1. The molecule has 0 radical (unpaired) electrons. The van der Waals surface area contributed by atoms with Gasteiger partial charge in [0.05, 0.1) is 0 Å². The topological polar surface area (TPSA) is 49.8 Å². The van der Waals surface area contributed by atoms with Crippen LogP contribution in [-0.4, -0.2) is 35.5 Å². The van der Waals surface area contributed by atoms with Gasteiger partial charge in [-0.2, -0.15) is 0 Å². The van der Waals surface area contributed by atoms with Crippen LogP contribution in [0.3, 0.4) is 0 Å². The lowest BCUT2D eigenvalue weighted by Crippen LogP contribution is -2.43. The first-order valence-electron chi connectivity index (χ1n) is 4.48. The molecule has 0 aromatic carbocycles. The highest BCUT2D eigenvalue weighted by atomic mass is 16.6. The van der Waals surface area contributed by atoms with Crippen LogP contribution in [0.15, 0.2) is 12.7 Å². The first-order chi connectivity index (χ1) is 6.25. The number of hydrogen-bond acceptors (Lipinski definition) is 3. The first kappa shape index (κ1) is 10.1. The molecule has 0 spiro atoms. The summed E-state index contributed by atoms with van der Waals surface area (Å²) in [6.45, 7) is 4.22. The molecule has 1 saturated heterocycles. The monoisotopic (exact) mass is 185 g/mol. The highest BCUT2D eigenvalue weighted by molar-refractivity contribution is 5.68. The van der Waals surface area contributed by atoms with Gasteiger partial charge in [-0.05, 0) is 19.3 Å². The van der Waals surface area contributed by atoms with Crippen molar-refractivity contribution >= 4 is 6.09 Å². The lowest BCUT2D eigenvalue weighted by Gasteiger charge is -2.30. The van der Waals surface area contributed by atoms with Crippen molar-refractivity contribution in [2.45, 2.75) is 25.5 Å². The molecule has 1 unspecified atom stereocenters. The van der Waals surface area contributed by atoms with Gasteiger partial charge < -0.3 is 9.84 Å². The van der Waals surface area contributed by atoms with E-state index in [2.05, 4.69) is 6.58 Å². The quantitative estimate of drug-likeness (QED) is 0.656. The summed E-state index contributed by atoms with van der Waals surface area (Å²) in [6.07, 6.45) is 2.92. The molecule has 13 heavy (non-hydrogen) atoms. The van der Waals surface area contributed by atoms with Gasteiger partial charge in [0.2, 0.25) is 0 Å². The third-order valence-electron chi connectivity index (χ3n) is 2.03. The van der Waals surface area contributed by atoms with E-state index in [9.17, 15) is 9.90 Å². The molecule has 1 fully saturated rings. The van der Waals surface area contributed by atoms with Crippen LogP contribution in [0.4, 0.5) is 4.79 Å². The summed E-state index contributed by atoms with van der Waals surface area (Å²) in [7, 11) is 0. The average Bonchev–Trinajstić information content (AvgIpc) is 2.15. The van der Waals surface area contributed by atoms with E-state index in [-0.39, 0.29) is 6.61 Å². The van der Waals surface area contributed by atoms with Crippen molar-refractivity contribution in [3.05, 3.63) is 12.7 Å². The van der Waals surface area contributed by atoms with Crippen molar-refractivity contribution in [1.29, 1.82) is 0 Å². The molecular weight excluding hydrogens is 170 g/mol. The van der Waals surface area contributed by atoms with Crippen molar-refractivity contribution in [1.82, 2.24) is 4.90 Å². The maximum atomic E-state index is 11.3. The molecule has 1 rings (SSSR count). The minimum atomic E-state index is -0.675. The lowest BCUT2D eigenvalue weighted by atomic mass is 10.1. The van der Waals surface area contributed by atoms with E-state index in [1.807, 2.05) is 0 Å². The van der Waals surface area contributed by atoms with E-state index in [1.165, 1.54) is 11.0 Å². The standard InChI is InChI=1S/C9H15NO3/c1-2-7-13-9(12)10-6-4-3-5-8(10)11/h2,8,11H,1,3-7H2. The Morgan fingerprint density at radius 3 is 3.08 bits per heavy atom. The van der Waals surface area contributed by atoms with Crippen molar-refractivity contribution < 1.29 is 14.6 Å². The average molecular weight is 185 g/mol. The van der Waals surface area contributed by atoms with Crippen molar-refractivity contribution in [2.24, 2.45) is 0 Å². The zero-order chi connectivity index (χ0) is 9.68. The third kappa shape index (κ3) is 2.73. The number of piperidine rings is 1. The molecule has 0 saturated carbocycles. The first-order valence-corrected chi connectivity index (χ1v) is 4.48. The fraction of sp³-hybridized carbons (Fsp3) is 0.667. The van der Waals surface area contributed by atoms with Gasteiger partial charge in [0, 0.05) is 6.54 Å². The molecule has 0 bridgehead atoms. The Hall–Kier alpha value is -1.03. The number of aliphatic hydroxyl groups is 1. The summed E-state index contributed by atoms with van der Waals surface area (Å²) >= 11 is 0. The second-order valence-electron chi connectivity index (χ2n) is 3.04. The van der Waals surface area contributed by atoms with Gasteiger partial charge in [-0.3, -0.25) is 4.90 Å². The molecule has 0 aliphatic carbocycles. The van der Waals surface area contributed by atoms with E-state index >= 15 is 0 Å². The predicted molar refractivity (Wildman–Crippen MR) is 48.1 cm³/mol. The summed E-state index contributed by atoms with van der Waals surface area (Å²) in [6, 6.07) is 0. The van der Waals surface area contributed by atoms with Gasteiger partial charge >= 0.3 is 6.09 Å². The minimum Gasteiger partial charge on any atom is -0.445 e. The van der Waals surface area contributed by atoms with Crippen LogP contribution in [0, 0.1) is 0 Å². The zero-order valence-corrected chi connectivity index (χ0v) is 7.61. The van der Waals surface area contributed by atoms with E-state index in [4.69, 9.17) is 4.74 Å². The molecule has 1 aliphatic heterocycles. The number of carbonyl (C=O) groups is 1. The Morgan fingerprint density at radius 1 is 1.69 bits per heavy atom. The number of carbonyl (C=O) groups excluding carboxylic acids is 1. The van der Waals surface area contributed by atoms with Crippen LogP contribution in [0.25, 0.3) is 0 Å².